The van der Waals surface area contributed by atoms with E-state index in [1.807, 2.05) is 18.2 Å². The highest BCUT2D eigenvalue weighted by Gasteiger charge is 2.11. The maximum atomic E-state index is 13.1. The first-order valence-corrected chi connectivity index (χ1v) is 5.08. The van der Waals surface area contributed by atoms with Crippen LogP contribution in [0.3, 0.4) is 0 Å². The summed E-state index contributed by atoms with van der Waals surface area (Å²) >= 11 is 0. The Morgan fingerprint density at radius 3 is 2.29 bits per heavy atom. The molecule has 0 radical (unpaired) electrons. The van der Waals surface area contributed by atoms with E-state index < -0.39 is 5.82 Å². The van der Waals surface area contributed by atoms with Gasteiger partial charge in [0.25, 0.3) is 0 Å². The first kappa shape index (κ1) is 11.1. The Morgan fingerprint density at radius 1 is 1.00 bits per heavy atom. The van der Waals surface area contributed by atoms with Crippen molar-refractivity contribution in [2.24, 2.45) is 0 Å². The van der Waals surface area contributed by atoms with Crippen molar-refractivity contribution in [3.05, 3.63) is 59.4 Å². The van der Waals surface area contributed by atoms with E-state index in [0.29, 0.717) is 11.1 Å². The van der Waals surface area contributed by atoms with Gasteiger partial charge in [0.1, 0.15) is 5.82 Å². The number of anilines is 2. The third kappa shape index (κ3) is 2.10. The topological polar surface area (TPSA) is 75.9 Å². The van der Waals surface area contributed by atoms with Crippen LogP contribution in [-0.4, -0.2) is 5.71 Å². The van der Waals surface area contributed by atoms with Crippen molar-refractivity contribution in [2.45, 2.75) is 0 Å². The van der Waals surface area contributed by atoms with E-state index >= 15 is 0 Å². The van der Waals surface area contributed by atoms with Crippen molar-refractivity contribution < 1.29 is 4.39 Å². The molecule has 0 heterocycles. The molecule has 0 fully saturated rings. The first-order chi connectivity index (χ1) is 8.09. The van der Waals surface area contributed by atoms with E-state index in [4.69, 9.17) is 16.9 Å². The molecule has 0 atom stereocenters. The molecule has 2 rings (SSSR count). The van der Waals surface area contributed by atoms with Crippen LogP contribution in [0.1, 0.15) is 11.1 Å². The second-order valence-electron chi connectivity index (χ2n) is 3.70. The van der Waals surface area contributed by atoms with Gasteiger partial charge < -0.3 is 11.5 Å². The van der Waals surface area contributed by atoms with Crippen LogP contribution in [0.15, 0.2) is 42.5 Å². The van der Waals surface area contributed by atoms with Crippen LogP contribution in [0.25, 0.3) is 0 Å². The lowest BCUT2D eigenvalue weighted by Gasteiger charge is -2.09. The lowest BCUT2D eigenvalue weighted by Crippen LogP contribution is -2.07. The molecular weight excluding hydrogens is 217 g/mol. The normalized spacial score (nSPS) is 10.2. The summed E-state index contributed by atoms with van der Waals surface area (Å²) in [4.78, 5) is 0. The Kier molecular flexibility index (Phi) is 2.78. The summed E-state index contributed by atoms with van der Waals surface area (Å²) in [6, 6.07) is 11.6. The molecule has 17 heavy (non-hydrogen) atoms. The predicted octanol–water partition coefficient (Wildman–Crippen LogP) is 2.41. The summed E-state index contributed by atoms with van der Waals surface area (Å²) in [5.41, 5.74) is 12.8. The Hall–Kier alpha value is -2.36. The molecule has 2 aromatic rings. The van der Waals surface area contributed by atoms with Gasteiger partial charge in [-0.3, -0.25) is 5.41 Å². The molecule has 0 aliphatic heterocycles. The van der Waals surface area contributed by atoms with Gasteiger partial charge in [0.15, 0.2) is 0 Å². The van der Waals surface area contributed by atoms with Gasteiger partial charge in [-0.15, -0.1) is 0 Å². The Morgan fingerprint density at radius 2 is 1.65 bits per heavy atom. The smallest absolute Gasteiger partial charge is 0.148 e. The Labute approximate surface area is 98.4 Å². The fourth-order valence-electron chi connectivity index (χ4n) is 1.58. The molecule has 0 aliphatic carbocycles. The Bertz CT molecular complexity index is 564. The zero-order valence-corrected chi connectivity index (χ0v) is 9.07. The molecule has 0 saturated heterocycles. The highest BCUT2D eigenvalue weighted by Crippen LogP contribution is 2.22. The zero-order chi connectivity index (χ0) is 12.4. The van der Waals surface area contributed by atoms with Crippen LogP contribution in [0.4, 0.5) is 15.8 Å². The molecule has 4 heteroatoms. The van der Waals surface area contributed by atoms with Crippen molar-refractivity contribution in [3.63, 3.8) is 0 Å². The molecule has 2 aromatic carbocycles. The van der Waals surface area contributed by atoms with Crippen molar-refractivity contribution >= 4 is 17.1 Å². The third-order valence-corrected chi connectivity index (χ3v) is 2.50. The number of halogens is 1. The van der Waals surface area contributed by atoms with Crippen LogP contribution in [0, 0.1) is 11.2 Å². The van der Waals surface area contributed by atoms with Crippen molar-refractivity contribution in [2.75, 3.05) is 11.5 Å². The number of benzene rings is 2. The lowest BCUT2D eigenvalue weighted by molar-refractivity contribution is 0.633. The molecule has 0 aliphatic rings. The molecule has 5 N–H and O–H groups in total. The van der Waals surface area contributed by atoms with E-state index in [1.54, 1.807) is 12.1 Å². The van der Waals surface area contributed by atoms with Crippen LogP contribution in [0.2, 0.25) is 0 Å². The average Bonchev–Trinajstić information content (AvgIpc) is 2.34. The number of hydrogen-bond acceptors (Lipinski definition) is 3. The van der Waals surface area contributed by atoms with Crippen molar-refractivity contribution in [1.82, 2.24) is 0 Å². The van der Waals surface area contributed by atoms with Gasteiger partial charge in [-0.2, -0.15) is 0 Å². The minimum atomic E-state index is -0.563. The van der Waals surface area contributed by atoms with Gasteiger partial charge >= 0.3 is 0 Å². The zero-order valence-electron chi connectivity index (χ0n) is 9.07. The molecule has 86 valence electrons. The summed E-state index contributed by atoms with van der Waals surface area (Å²) < 4.78 is 13.1. The van der Waals surface area contributed by atoms with Crippen LogP contribution in [0.5, 0.6) is 0 Å². The molecule has 0 bridgehead atoms. The standard InChI is InChI=1S/C13H12FN3/c14-10-7-11(15)9(6-12(10)16)13(17)8-4-2-1-3-5-8/h1-7,17H,15-16H2. The number of nitrogens with one attached hydrogen (secondary N) is 1. The number of nitrogens with two attached hydrogens (primary N) is 2. The van der Waals surface area contributed by atoms with E-state index in [1.165, 1.54) is 6.07 Å². The summed E-state index contributed by atoms with van der Waals surface area (Å²) in [6.07, 6.45) is 0. The van der Waals surface area contributed by atoms with E-state index in [2.05, 4.69) is 0 Å². The number of rotatable bonds is 2. The number of hydrogen-bond donors (Lipinski definition) is 3. The average molecular weight is 229 g/mol. The summed E-state index contributed by atoms with van der Waals surface area (Å²) in [5.74, 6) is -0.563. The third-order valence-electron chi connectivity index (χ3n) is 2.50. The van der Waals surface area contributed by atoms with Crippen LogP contribution >= 0.6 is 0 Å². The monoisotopic (exact) mass is 229 g/mol. The fraction of sp³-hybridized carbons (Fsp3) is 0. The second-order valence-corrected chi connectivity index (χ2v) is 3.70. The molecule has 0 aromatic heterocycles. The van der Waals surface area contributed by atoms with E-state index in [0.717, 1.165) is 6.07 Å². The largest absolute Gasteiger partial charge is 0.398 e. The fourth-order valence-corrected chi connectivity index (χ4v) is 1.58. The minimum absolute atomic E-state index is 0.00474. The van der Waals surface area contributed by atoms with Gasteiger partial charge in [-0.25, -0.2) is 4.39 Å². The van der Waals surface area contributed by atoms with Gasteiger partial charge in [0, 0.05) is 16.8 Å². The molecule has 0 unspecified atom stereocenters. The van der Waals surface area contributed by atoms with Crippen LogP contribution in [-0.2, 0) is 0 Å². The maximum absolute atomic E-state index is 13.1. The molecule has 0 spiro atoms. The highest BCUT2D eigenvalue weighted by atomic mass is 19.1. The summed E-state index contributed by atoms with van der Waals surface area (Å²) in [5, 5.41) is 8.02. The molecular formula is C13H12FN3. The van der Waals surface area contributed by atoms with Crippen molar-refractivity contribution in [1.29, 1.82) is 5.41 Å². The minimum Gasteiger partial charge on any atom is -0.398 e. The highest BCUT2D eigenvalue weighted by molar-refractivity contribution is 6.14. The van der Waals surface area contributed by atoms with E-state index in [9.17, 15) is 4.39 Å². The molecule has 0 saturated carbocycles. The van der Waals surface area contributed by atoms with Crippen molar-refractivity contribution in [3.8, 4) is 0 Å². The maximum Gasteiger partial charge on any atom is 0.148 e. The van der Waals surface area contributed by atoms with E-state index in [-0.39, 0.29) is 17.1 Å². The SMILES string of the molecule is N=C(c1ccccc1)c1cc(N)c(F)cc1N. The van der Waals surface area contributed by atoms with Gasteiger partial charge in [-0.05, 0) is 12.1 Å². The van der Waals surface area contributed by atoms with Gasteiger partial charge in [0.05, 0.1) is 11.4 Å². The summed E-state index contributed by atoms with van der Waals surface area (Å²) in [6.45, 7) is 0. The quantitative estimate of drug-likeness (QED) is 0.546. The first-order valence-electron chi connectivity index (χ1n) is 5.08. The summed E-state index contributed by atoms with van der Waals surface area (Å²) in [7, 11) is 0. The number of nitrogen functional groups attached to an aromatic ring is 2. The molecule has 3 nitrogen and oxygen atoms in total. The van der Waals surface area contributed by atoms with Gasteiger partial charge in [-0.1, -0.05) is 30.3 Å². The molecule has 0 amide bonds. The second kappa shape index (κ2) is 4.25. The van der Waals surface area contributed by atoms with Crippen LogP contribution < -0.4 is 11.5 Å². The lowest BCUT2D eigenvalue weighted by atomic mass is 10.0. The Balaban J connectivity index is 2.48. The van der Waals surface area contributed by atoms with Gasteiger partial charge in [0.2, 0.25) is 0 Å². The predicted molar refractivity (Wildman–Crippen MR) is 67.6 cm³/mol.